The van der Waals surface area contributed by atoms with Crippen molar-refractivity contribution in [2.24, 2.45) is 0 Å². The summed E-state index contributed by atoms with van der Waals surface area (Å²) in [6, 6.07) is 9.10. The summed E-state index contributed by atoms with van der Waals surface area (Å²) in [6.45, 7) is -0.0615. The SMILES string of the molecule is Cl.O=c1c(-c2ccccc2Cl)cc2cnc(NC3CCC(O)CC3)nc2n1CCO. The van der Waals surface area contributed by atoms with Crippen molar-refractivity contribution < 1.29 is 10.2 Å². The first-order chi connectivity index (χ1) is 14.1. The van der Waals surface area contributed by atoms with Gasteiger partial charge in [-0.3, -0.25) is 9.36 Å². The van der Waals surface area contributed by atoms with Crippen LogP contribution in [0.3, 0.4) is 0 Å². The quantitative estimate of drug-likeness (QED) is 0.551. The van der Waals surface area contributed by atoms with E-state index >= 15 is 0 Å². The van der Waals surface area contributed by atoms with Gasteiger partial charge < -0.3 is 15.5 Å². The van der Waals surface area contributed by atoms with Gasteiger partial charge in [0.15, 0.2) is 0 Å². The number of fused-ring (bicyclic) bond motifs is 1. The zero-order valence-corrected chi connectivity index (χ0v) is 17.9. The van der Waals surface area contributed by atoms with Gasteiger partial charge in [0.25, 0.3) is 5.56 Å². The largest absolute Gasteiger partial charge is 0.395 e. The van der Waals surface area contributed by atoms with E-state index in [4.69, 9.17) is 11.6 Å². The molecule has 30 heavy (non-hydrogen) atoms. The number of hydrogen-bond acceptors (Lipinski definition) is 6. The number of aliphatic hydroxyl groups excluding tert-OH is 2. The second-order valence-corrected chi connectivity index (χ2v) is 7.75. The maximum atomic E-state index is 13.1. The molecule has 0 bridgehead atoms. The Morgan fingerprint density at radius 2 is 1.90 bits per heavy atom. The van der Waals surface area contributed by atoms with Crippen LogP contribution >= 0.6 is 24.0 Å². The van der Waals surface area contributed by atoms with Crippen molar-refractivity contribution in [2.75, 3.05) is 11.9 Å². The monoisotopic (exact) mass is 450 g/mol. The lowest BCUT2D eigenvalue weighted by Crippen LogP contribution is -2.29. The second kappa shape index (κ2) is 9.75. The van der Waals surface area contributed by atoms with E-state index in [0.29, 0.717) is 33.1 Å². The third kappa shape index (κ3) is 4.59. The Balaban J connectivity index is 0.00000256. The van der Waals surface area contributed by atoms with E-state index in [1.54, 1.807) is 24.4 Å². The van der Waals surface area contributed by atoms with E-state index in [2.05, 4.69) is 15.3 Å². The van der Waals surface area contributed by atoms with Crippen LogP contribution in [-0.2, 0) is 6.54 Å². The fourth-order valence-electron chi connectivity index (χ4n) is 3.81. The highest BCUT2D eigenvalue weighted by Crippen LogP contribution is 2.27. The van der Waals surface area contributed by atoms with Gasteiger partial charge >= 0.3 is 0 Å². The average molecular weight is 451 g/mol. The molecule has 2 heterocycles. The van der Waals surface area contributed by atoms with Crippen LogP contribution in [0.15, 0.2) is 41.3 Å². The molecule has 1 fully saturated rings. The summed E-state index contributed by atoms with van der Waals surface area (Å²) in [5.74, 6) is 0.440. The van der Waals surface area contributed by atoms with Crippen LogP contribution < -0.4 is 10.9 Å². The molecular formula is C21H24Cl2N4O3. The lowest BCUT2D eigenvalue weighted by atomic mass is 9.93. The van der Waals surface area contributed by atoms with Gasteiger partial charge in [0, 0.05) is 33.8 Å². The number of benzene rings is 1. The molecule has 1 aromatic carbocycles. The Bertz CT molecular complexity index is 1080. The molecule has 0 amide bonds. The minimum atomic E-state index is -0.259. The molecule has 3 N–H and O–H groups in total. The molecule has 0 unspecified atom stereocenters. The molecule has 1 aliphatic rings. The topological polar surface area (TPSA) is 100 Å². The van der Waals surface area contributed by atoms with Gasteiger partial charge in [0.1, 0.15) is 5.65 Å². The third-order valence-electron chi connectivity index (χ3n) is 5.34. The number of hydrogen-bond donors (Lipinski definition) is 3. The molecule has 0 spiro atoms. The van der Waals surface area contributed by atoms with Crippen molar-refractivity contribution in [3.63, 3.8) is 0 Å². The minimum Gasteiger partial charge on any atom is -0.395 e. The molecule has 9 heteroatoms. The first-order valence-corrected chi connectivity index (χ1v) is 10.2. The number of aromatic nitrogens is 3. The molecule has 0 aliphatic heterocycles. The van der Waals surface area contributed by atoms with E-state index in [-0.39, 0.29) is 43.3 Å². The summed E-state index contributed by atoms with van der Waals surface area (Å²) in [6.07, 6.45) is 4.64. The Morgan fingerprint density at radius 3 is 2.60 bits per heavy atom. The summed E-state index contributed by atoms with van der Waals surface area (Å²) in [5.41, 5.74) is 1.29. The standard InChI is InChI=1S/C21H23ClN4O3.ClH/c22-18-4-2-1-3-16(18)17-11-13-12-23-21(24-14-5-7-15(28)8-6-14)25-19(13)26(9-10-27)20(17)29;/h1-4,11-12,14-15,27-28H,5-10H2,(H,23,24,25);1H. The Kier molecular flexibility index (Phi) is 7.31. The first-order valence-electron chi connectivity index (χ1n) is 9.78. The maximum absolute atomic E-state index is 13.1. The highest BCUT2D eigenvalue weighted by atomic mass is 35.5. The highest BCUT2D eigenvalue weighted by molar-refractivity contribution is 6.33. The van der Waals surface area contributed by atoms with Crippen LogP contribution in [0.2, 0.25) is 5.02 Å². The zero-order valence-electron chi connectivity index (χ0n) is 16.3. The summed E-state index contributed by atoms with van der Waals surface area (Å²) in [7, 11) is 0. The van der Waals surface area contributed by atoms with E-state index in [0.717, 1.165) is 25.7 Å². The molecule has 1 saturated carbocycles. The van der Waals surface area contributed by atoms with E-state index in [1.807, 2.05) is 12.1 Å². The fourth-order valence-corrected chi connectivity index (χ4v) is 4.05. The molecule has 7 nitrogen and oxygen atoms in total. The third-order valence-corrected chi connectivity index (χ3v) is 5.67. The van der Waals surface area contributed by atoms with Crippen molar-refractivity contribution in [3.8, 4) is 11.1 Å². The predicted molar refractivity (Wildman–Crippen MR) is 120 cm³/mol. The van der Waals surface area contributed by atoms with Crippen LogP contribution in [0.5, 0.6) is 0 Å². The maximum Gasteiger partial charge on any atom is 0.260 e. The number of nitrogens with one attached hydrogen (secondary N) is 1. The van der Waals surface area contributed by atoms with Gasteiger partial charge in [-0.25, -0.2) is 4.98 Å². The van der Waals surface area contributed by atoms with Gasteiger partial charge in [-0.1, -0.05) is 29.8 Å². The van der Waals surface area contributed by atoms with Crippen molar-refractivity contribution >= 4 is 41.0 Å². The van der Waals surface area contributed by atoms with Crippen LogP contribution in [0.25, 0.3) is 22.2 Å². The zero-order chi connectivity index (χ0) is 20.4. The van der Waals surface area contributed by atoms with Crippen LogP contribution in [0.4, 0.5) is 5.95 Å². The molecule has 160 valence electrons. The van der Waals surface area contributed by atoms with Gasteiger partial charge in [-0.15, -0.1) is 12.4 Å². The smallest absolute Gasteiger partial charge is 0.260 e. The van der Waals surface area contributed by atoms with E-state index < -0.39 is 0 Å². The summed E-state index contributed by atoms with van der Waals surface area (Å²) in [4.78, 5) is 22.1. The van der Waals surface area contributed by atoms with Crippen molar-refractivity contribution in [1.82, 2.24) is 14.5 Å². The van der Waals surface area contributed by atoms with Crippen molar-refractivity contribution in [2.45, 2.75) is 44.4 Å². The number of aliphatic hydroxyl groups is 2. The molecule has 1 aliphatic carbocycles. The average Bonchev–Trinajstić information content (AvgIpc) is 2.72. The van der Waals surface area contributed by atoms with Gasteiger partial charge in [0.05, 0.1) is 19.3 Å². The molecular weight excluding hydrogens is 427 g/mol. The first kappa shape index (κ1) is 22.5. The number of pyridine rings is 1. The minimum absolute atomic E-state index is 0. The van der Waals surface area contributed by atoms with Gasteiger partial charge in [-0.05, 0) is 37.8 Å². The second-order valence-electron chi connectivity index (χ2n) is 7.34. The highest BCUT2D eigenvalue weighted by Gasteiger charge is 2.20. The van der Waals surface area contributed by atoms with Crippen LogP contribution in [-0.4, -0.2) is 43.5 Å². The Hall–Kier alpha value is -2.19. The van der Waals surface area contributed by atoms with Gasteiger partial charge in [0.2, 0.25) is 5.95 Å². The van der Waals surface area contributed by atoms with E-state index in [1.165, 1.54) is 4.57 Å². The van der Waals surface area contributed by atoms with Crippen molar-refractivity contribution in [1.29, 1.82) is 0 Å². The fraction of sp³-hybridized carbons (Fsp3) is 0.381. The summed E-state index contributed by atoms with van der Waals surface area (Å²) in [5, 5.41) is 23.7. The number of anilines is 1. The number of rotatable bonds is 5. The lowest BCUT2D eigenvalue weighted by molar-refractivity contribution is 0.126. The molecule has 2 aromatic heterocycles. The Morgan fingerprint density at radius 1 is 1.17 bits per heavy atom. The lowest BCUT2D eigenvalue weighted by Gasteiger charge is -2.26. The summed E-state index contributed by atoms with van der Waals surface area (Å²) >= 11 is 6.30. The molecule has 3 aromatic rings. The van der Waals surface area contributed by atoms with Crippen LogP contribution in [0.1, 0.15) is 25.7 Å². The Labute approximate surface area is 185 Å². The summed E-state index contributed by atoms with van der Waals surface area (Å²) < 4.78 is 1.46. The van der Waals surface area contributed by atoms with Gasteiger partial charge in [-0.2, -0.15) is 4.98 Å². The molecule has 0 radical (unpaired) electrons. The number of halogens is 2. The predicted octanol–water partition coefficient (Wildman–Crippen LogP) is 3.24. The van der Waals surface area contributed by atoms with Crippen molar-refractivity contribution in [3.05, 3.63) is 51.9 Å². The molecule has 0 atom stereocenters. The van der Waals surface area contributed by atoms with Crippen LogP contribution in [0, 0.1) is 0 Å². The molecule has 4 rings (SSSR count). The normalized spacial score (nSPS) is 18.8. The number of nitrogens with zero attached hydrogens (tertiary/aromatic N) is 3. The molecule has 0 saturated heterocycles. The van der Waals surface area contributed by atoms with E-state index in [9.17, 15) is 15.0 Å².